The van der Waals surface area contributed by atoms with Crippen LogP contribution in [0.1, 0.15) is 25.8 Å². The van der Waals surface area contributed by atoms with Crippen LogP contribution in [0.3, 0.4) is 0 Å². The highest BCUT2D eigenvalue weighted by Gasteiger charge is 2.32. The third kappa shape index (κ3) is 2.31. The zero-order valence-electron chi connectivity index (χ0n) is 9.66. The molecule has 84 valence electrons. The zero-order valence-corrected chi connectivity index (χ0v) is 9.66. The number of nitrogen functional groups attached to an aromatic ring is 1. The van der Waals surface area contributed by atoms with E-state index in [0.717, 1.165) is 25.1 Å². The van der Waals surface area contributed by atoms with Crippen molar-refractivity contribution in [3.8, 4) is 0 Å². The quantitative estimate of drug-likeness (QED) is 0.804. The minimum atomic E-state index is 0.277. The Kier molecular flexibility index (Phi) is 2.46. The standard InChI is InChI=1S/C11H19N3O/c1-8-5-14(13-10(8)12)6-9-4-11(2,3)7-15-9/h5,9H,4,6-7H2,1-3H3,(H2,12,13). The van der Waals surface area contributed by atoms with Crippen LogP contribution in [0.2, 0.25) is 0 Å². The summed E-state index contributed by atoms with van der Waals surface area (Å²) in [7, 11) is 0. The van der Waals surface area contributed by atoms with Crippen molar-refractivity contribution < 1.29 is 4.74 Å². The average molecular weight is 209 g/mol. The van der Waals surface area contributed by atoms with E-state index in [0.29, 0.717) is 11.2 Å². The molecule has 1 aromatic rings. The fraction of sp³-hybridized carbons (Fsp3) is 0.727. The van der Waals surface area contributed by atoms with Crippen molar-refractivity contribution in [3.05, 3.63) is 11.8 Å². The van der Waals surface area contributed by atoms with Crippen molar-refractivity contribution in [2.24, 2.45) is 5.41 Å². The van der Waals surface area contributed by atoms with Crippen LogP contribution in [0.15, 0.2) is 6.20 Å². The summed E-state index contributed by atoms with van der Waals surface area (Å²) in [4.78, 5) is 0. The number of rotatable bonds is 2. The second-order valence-corrected chi connectivity index (χ2v) is 5.22. The molecule has 0 amide bonds. The van der Waals surface area contributed by atoms with Gasteiger partial charge in [0.15, 0.2) is 0 Å². The van der Waals surface area contributed by atoms with Gasteiger partial charge in [-0.1, -0.05) is 13.8 Å². The Morgan fingerprint density at radius 2 is 2.40 bits per heavy atom. The Morgan fingerprint density at radius 3 is 2.87 bits per heavy atom. The Morgan fingerprint density at radius 1 is 1.67 bits per heavy atom. The van der Waals surface area contributed by atoms with Gasteiger partial charge in [-0.15, -0.1) is 0 Å². The van der Waals surface area contributed by atoms with E-state index in [4.69, 9.17) is 10.5 Å². The van der Waals surface area contributed by atoms with Gasteiger partial charge in [0.1, 0.15) is 5.82 Å². The molecule has 15 heavy (non-hydrogen) atoms. The van der Waals surface area contributed by atoms with E-state index < -0.39 is 0 Å². The maximum atomic E-state index is 5.72. The Labute approximate surface area is 90.4 Å². The molecule has 1 aromatic heterocycles. The number of aromatic nitrogens is 2. The lowest BCUT2D eigenvalue weighted by Gasteiger charge is -2.13. The van der Waals surface area contributed by atoms with Crippen LogP contribution in [0.4, 0.5) is 5.82 Å². The third-order valence-corrected chi connectivity index (χ3v) is 2.86. The van der Waals surface area contributed by atoms with E-state index in [9.17, 15) is 0 Å². The van der Waals surface area contributed by atoms with Gasteiger partial charge >= 0.3 is 0 Å². The zero-order chi connectivity index (χ0) is 11.1. The lowest BCUT2D eigenvalue weighted by atomic mass is 9.91. The van der Waals surface area contributed by atoms with Crippen molar-refractivity contribution in [1.82, 2.24) is 9.78 Å². The highest BCUT2D eigenvalue weighted by molar-refractivity contribution is 5.35. The van der Waals surface area contributed by atoms with Gasteiger partial charge in [0.05, 0.1) is 19.3 Å². The Hall–Kier alpha value is -1.03. The number of hydrogen-bond donors (Lipinski definition) is 1. The van der Waals surface area contributed by atoms with Gasteiger partial charge in [-0.25, -0.2) is 0 Å². The largest absolute Gasteiger partial charge is 0.382 e. The normalized spacial score (nSPS) is 24.6. The van der Waals surface area contributed by atoms with Gasteiger partial charge in [0.25, 0.3) is 0 Å². The van der Waals surface area contributed by atoms with Gasteiger partial charge in [0, 0.05) is 11.8 Å². The second kappa shape index (κ2) is 3.52. The summed E-state index contributed by atoms with van der Waals surface area (Å²) in [6.07, 6.45) is 3.34. The maximum absolute atomic E-state index is 5.72. The smallest absolute Gasteiger partial charge is 0.148 e. The first-order chi connectivity index (χ1) is 6.96. The van der Waals surface area contributed by atoms with E-state index in [1.165, 1.54) is 0 Å². The molecule has 4 nitrogen and oxygen atoms in total. The summed E-state index contributed by atoms with van der Waals surface area (Å²) < 4.78 is 7.61. The van der Waals surface area contributed by atoms with Gasteiger partial charge in [-0.3, -0.25) is 4.68 Å². The summed E-state index contributed by atoms with van der Waals surface area (Å²) in [6, 6.07) is 0. The summed E-state index contributed by atoms with van der Waals surface area (Å²) in [6.45, 7) is 8.08. The van der Waals surface area contributed by atoms with Gasteiger partial charge in [0.2, 0.25) is 0 Å². The monoisotopic (exact) mass is 209 g/mol. The maximum Gasteiger partial charge on any atom is 0.148 e. The molecular formula is C11H19N3O. The minimum Gasteiger partial charge on any atom is -0.382 e. The van der Waals surface area contributed by atoms with E-state index in [2.05, 4.69) is 18.9 Å². The second-order valence-electron chi connectivity index (χ2n) is 5.22. The SMILES string of the molecule is Cc1cn(CC2CC(C)(C)CO2)nc1N. The van der Waals surface area contributed by atoms with Gasteiger partial charge in [-0.05, 0) is 18.8 Å². The third-order valence-electron chi connectivity index (χ3n) is 2.86. The Bertz CT molecular complexity index is 337. The molecule has 2 N–H and O–H groups in total. The highest BCUT2D eigenvalue weighted by Crippen LogP contribution is 2.31. The Balaban J connectivity index is 1.98. The predicted octanol–water partition coefficient (Wildman–Crippen LogP) is 1.59. The minimum absolute atomic E-state index is 0.277. The molecule has 1 aliphatic rings. The number of ether oxygens (including phenoxy) is 1. The summed E-state index contributed by atoms with van der Waals surface area (Å²) >= 11 is 0. The molecular weight excluding hydrogens is 190 g/mol. The predicted molar refractivity (Wildman–Crippen MR) is 59.5 cm³/mol. The molecule has 1 atom stereocenters. The molecule has 4 heteroatoms. The van der Waals surface area contributed by atoms with Crippen LogP contribution in [-0.2, 0) is 11.3 Å². The van der Waals surface area contributed by atoms with Gasteiger partial charge in [-0.2, -0.15) is 5.10 Å². The molecule has 2 heterocycles. The molecule has 0 bridgehead atoms. The van der Waals surface area contributed by atoms with E-state index in [-0.39, 0.29) is 6.10 Å². The summed E-state index contributed by atoms with van der Waals surface area (Å²) in [5, 5.41) is 4.24. The van der Waals surface area contributed by atoms with Crippen LogP contribution in [0.5, 0.6) is 0 Å². The molecule has 1 fully saturated rings. The molecule has 1 unspecified atom stereocenters. The fourth-order valence-electron chi connectivity index (χ4n) is 2.03. The number of hydrogen-bond acceptors (Lipinski definition) is 3. The molecule has 1 saturated heterocycles. The van der Waals surface area contributed by atoms with Crippen LogP contribution in [0, 0.1) is 12.3 Å². The van der Waals surface area contributed by atoms with Crippen LogP contribution >= 0.6 is 0 Å². The van der Waals surface area contributed by atoms with E-state index >= 15 is 0 Å². The summed E-state index contributed by atoms with van der Waals surface area (Å²) in [5.74, 6) is 0.618. The van der Waals surface area contributed by atoms with E-state index in [1.54, 1.807) is 0 Å². The van der Waals surface area contributed by atoms with Crippen LogP contribution in [-0.4, -0.2) is 22.5 Å². The molecule has 0 radical (unpaired) electrons. The topological polar surface area (TPSA) is 53.1 Å². The molecule has 0 saturated carbocycles. The van der Waals surface area contributed by atoms with Crippen LogP contribution < -0.4 is 5.73 Å². The first kappa shape index (κ1) is 10.5. The van der Waals surface area contributed by atoms with Crippen LogP contribution in [0.25, 0.3) is 0 Å². The van der Waals surface area contributed by atoms with Crippen molar-refractivity contribution in [2.75, 3.05) is 12.3 Å². The van der Waals surface area contributed by atoms with Crippen molar-refractivity contribution in [3.63, 3.8) is 0 Å². The number of anilines is 1. The van der Waals surface area contributed by atoms with Crippen molar-refractivity contribution >= 4 is 5.82 Å². The number of nitrogens with zero attached hydrogens (tertiary/aromatic N) is 2. The molecule has 1 aliphatic heterocycles. The number of nitrogens with two attached hydrogens (primary N) is 1. The average Bonchev–Trinajstić information content (AvgIpc) is 2.58. The first-order valence-electron chi connectivity index (χ1n) is 5.37. The van der Waals surface area contributed by atoms with Crippen molar-refractivity contribution in [1.29, 1.82) is 0 Å². The molecule has 2 rings (SSSR count). The fourth-order valence-corrected chi connectivity index (χ4v) is 2.03. The van der Waals surface area contributed by atoms with E-state index in [1.807, 2.05) is 17.8 Å². The first-order valence-corrected chi connectivity index (χ1v) is 5.37. The summed E-state index contributed by atoms with van der Waals surface area (Å²) in [5.41, 5.74) is 7.03. The molecule has 0 aromatic carbocycles. The molecule has 0 aliphatic carbocycles. The van der Waals surface area contributed by atoms with Crippen molar-refractivity contribution in [2.45, 2.75) is 39.8 Å². The molecule has 0 spiro atoms. The highest BCUT2D eigenvalue weighted by atomic mass is 16.5. The lowest BCUT2D eigenvalue weighted by Crippen LogP contribution is -2.16. The van der Waals surface area contributed by atoms with Gasteiger partial charge < -0.3 is 10.5 Å². The lowest BCUT2D eigenvalue weighted by molar-refractivity contribution is 0.0853. The number of aryl methyl sites for hydroxylation is 1.